The Labute approximate surface area is 209 Å². The van der Waals surface area contributed by atoms with Crippen molar-refractivity contribution < 1.29 is 34.1 Å². The fourth-order valence-electron chi connectivity index (χ4n) is 4.72. The van der Waals surface area contributed by atoms with Gasteiger partial charge in [-0.2, -0.15) is 0 Å². The van der Waals surface area contributed by atoms with E-state index in [1.807, 2.05) is 30.3 Å². The third kappa shape index (κ3) is 7.31. The molecule has 2 unspecified atom stereocenters. The van der Waals surface area contributed by atoms with Crippen LogP contribution in [0.1, 0.15) is 37.7 Å². The predicted molar refractivity (Wildman–Crippen MR) is 133 cm³/mol. The molecule has 2 atom stereocenters. The molecule has 1 aliphatic carbocycles. The van der Waals surface area contributed by atoms with Gasteiger partial charge in [0.2, 0.25) is 5.91 Å². The van der Waals surface area contributed by atoms with Crippen molar-refractivity contribution in [3.05, 3.63) is 60.2 Å². The molecule has 192 valence electrons. The van der Waals surface area contributed by atoms with Gasteiger partial charge in [-0.3, -0.25) is 14.4 Å². The highest BCUT2D eigenvalue weighted by atomic mass is 16.5. The molecule has 1 aliphatic rings. The summed E-state index contributed by atoms with van der Waals surface area (Å²) in [6.45, 7) is -0.450. The molecular formula is C27H32N2O7. The van der Waals surface area contributed by atoms with Crippen molar-refractivity contribution in [2.75, 3.05) is 18.5 Å². The number of anilines is 1. The number of aliphatic carboxylic acids is 2. The number of para-hydroxylation sites is 2. The number of amides is 1. The lowest BCUT2D eigenvalue weighted by Gasteiger charge is -2.31. The lowest BCUT2D eigenvalue weighted by Crippen LogP contribution is -2.48. The van der Waals surface area contributed by atoms with Crippen molar-refractivity contribution in [1.82, 2.24) is 5.32 Å². The van der Waals surface area contributed by atoms with Crippen LogP contribution in [-0.4, -0.2) is 53.5 Å². The Kier molecular flexibility index (Phi) is 9.44. The minimum absolute atomic E-state index is 0.149. The zero-order chi connectivity index (χ0) is 26.0. The molecule has 1 amide bonds. The van der Waals surface area contributed by atoms with E-state index in [1.54, 1.807) is 24.3 Å². The van der Waals surface area contributed by atoms with Crippen molar-refractivity contribution >= 4 is 29.8 Å². The van der Waals surface area contributed by atoms with Crippen molar-refractivity contribution in [3.63, 3.8) is 0 Å². The topological polar surface area (TPSA) is 142 Å². The number of hydrogen-bond donors (Lipinski definition) is 4. The van der Waals surface area contributed by atoms with Crippen LogP contribution in [0.2, 0.25) is 0 Å². The summed E-state index contributed by atoms with van der Waals surface area (Å²) in [4.78, 5) is 48.1. The molecule has 36 heavy (non-hydrogen) atoms. The fourth-order valence-corrected chi connectivity index (χ4v) is 4.72. The second-order valence-corrected chi connectivity index (χ2v) is 9.19. The first-order chi connectivity index (χ1) is 17.3. The highest BCUT2D eigenvalue weighted by Gasteiger charge is 2.44. The molecule has 0 aromatic heterocycles. The van der Waals surface area contributed by atoms with Gasteiger partial charge in [-0.05, 0) is 43.4 Å². The van der Waals surface area contributed by atoms with E-state index < -0.39 is 29.3 Å². The first-order valence-electron chi connectivity index (χ1n) is 12.0. The Hall–Kier alpha value is -3.88. The normalized spacial score (nSPS) is 15.9. The Morgan fingerprint density at radius 2 is 1.67 bits per heavy atom. The van der Waals surface area contributed by atoms with Crippen LogP contribution in [0.4, 0.5) is 5.69 Å². The molecule has 0 saturated heterocycles. The maximum Gasteiger partial charge on any atom is 0.322 e. The number of carboxylic acids is 2. The minimum Gasteiger partial charge on any atom is -0.489 e. The van der Waals surface area contributed by atoms with Gasteiger partial charge >= 0.3 is 11.9 Å². The van der Waals surface area contributed by atoms with Crippen LogP contribution in [0.3, 0.4) is 0 Å². The summed E-state index contributed by atoms with van der Waals surface area (Å²) in [7, 11) is 0. The standard InChI is InChI=1S/C27H32N2O7/c30-17-21(18-36-23-11-5-4-10-22(23)28-16-24(31)32)29-26(35)27(12-6-7-13-27)15-20(25(33)34)14-19-8-2-1-3-9-19/h1-5,8-11,17,20-21,28H,6-7,12-16,18H2,(H,29,35)(H,31,32)(H,33,34). The van der Waals surface area contributed by atoms with Crippen LogP contribution in [0.25, 0.3) is 0 Å². The number of benzene rings is 2. The van der Waals surface area contributed by atoms with Crippen molar-refractivity contribution in [1.29, 1.82) is 0 Å². The zero-order valence-electron chi connectivity index (χ0n) is 20.0. The van der Waals surface area contributed by atoms with E-state index in [-0.39, 0.29) is 25.5 Å². The predicted octanol–water partition coefficient (Wildman–Crippen LogP) is 3.14. The SMILES string of the molecule is O=CC(COc1ccccc1NCC(=O)O)NC(=O)C1(CC(Cc2ccccc2)C(=O)O)CCCC1. The summed E-state index contributed by atoms with van der Waals surface area (Å²) in [5.41, 5.74) is 0.487. The Balaban J connectivity index is 1.66. The smallest absolute Gasteiger partial charge is 0.322 e. The summed E-state index contributed by atoms with van der Waals surface area (Å²) < 4.78 is 5.72. The summed E-state index contributed by atoms with van der Waals surface area (Å²) >= 11 is 0. The largest absolute Gasteiger partial charge is 0.489 e. The van der Waals surface area contributed by atoms with Crippen molar-refractivity contribution in [3.8, 4) is 5.75 Å². The van der Waals surface area contributed by atoms with Crippen LogP contribution in [0.5, 0.6) is 5.75 Å². The molecule has 0 heterocycles. The highest BCUT2D eigenvalue weighted by Crippen LogP contribution is 2.44. The van der Waals surface area contributed by atoms with Gasteiger partial charge in [0.1, 0.15) is 31.2 Å². The number of rotatable bonds is 14. The van der Waals surface area contributed by atoms with Gasteiger partial charge in [0.25, 0.3) is 0 Å². The first kappa shape index (κ1) is 26.7. The molecule has 0 radical (unpaired) electrons. The van der Waals surface area contributed by atoms with Gasteiger partial charge < -0.3 is 30.4 Å². The maximum absolute atomic E-state index is 13.4. The molecule has 4 N–H and O–H groups in total. The van der Waals surface area contributed by atoms with Gasteiger partial charge in [-0.1, -0.05) is 55.3 Å². The number of ether oxygens (including phenoxy) is 1. The van der Waals surface area contributed by atoms with Crippen LogP contribution in [0, 0.1) is 11.3 Å². The molecule has 0 bridgehead atoms. The van der Waals surface area contributed by atoms with Crippen LogP contribution < -0.4 is 15.4 Å². The highest BCUT2D eigenvalue weighted by molar-refractivity contribution is 5.86. The van der Waals surface area contributed by atoms with E-state index in [2.05, 4.69) is 10.6 Å². The molecule has 1 saturated carbocycles. The average molecular weight is 497 g/mol. The summed E-state index contributed by atoms with van der Waals surface area (Å²) in [5, 5.41) is 24.3. The molecule has 0 aliphatic heterocycles. The first-order valence-corrected chi connectivity index (χ1v) is 12.0. The minimum atomic E-state index is -1.03. The van der Waals surface area contributed by atoms with E-state index in [0.29, 0.717) is 37.0 Å². The fraction of sp³-hybridized carbons (Fsp3) is 0.407. The van der Waals surface area contributed by atoms with E-state index in [9.17, 15) is 24.3 Å². The Morgan fingerprint density at radius 1 is 1.00 bits per heavy atom. The molecule has 9 nitrogen and oxygen atoms in total. The van der Waals surface area contributed by atoms with Crippen molar-refractivity contribution in [2.24, 2.45) is 11.3 Å². The molecule has 2 aromatic rings. The molecule has 1 fully saturated rings. The molecule has 3 rings (SSSR count). The van der Waals surface area contributed by atoms with Crippen LogP contribution >= 0.6 is 0 Å². The molecule has 2 aromatic carbocycles. The monoisotopic (exact) mass is 496 g/mol. The second-order valence-electron chi connectivity index (χ2n) is 9.19. The van der Waals surface area contributed by atoms with E-state index in [0.717, 1.165) is 18.4 Å². The van der Waals surface area contributed by atoms with Crippen LogP contribution in [0.15, 0.2) is 54.6 Å². The maximum atomic E-state index is 13.4. The van der Waals surface area contributed by atoms with Crippen molar-refractivity contribution in [2.45, 2.75) is 44.6 Å². The number of carbonyl (C=O) groups is 4. The Morgan fingerprint density at radius 3 is 2.31 bits per heavy atom. The van der Waals surface area contributed by atoms with Gasteiger partial charge in [0.15, 0.2) is 0 Å². The van der Waals surface area contributed by atoms with Gasteiger partial charge in [-0.25, -0.2) is 0 Å². The zero-order valence-corrected chi connectivity index (χ0v) is 20.0. The number of hydrogen-bond acceptors (Lipinski definition) is 6. The van der Waals surface area contributed by atoms with Gasteiger partial charge in [0, 0.05) is 0 Å². The quantitative estimate of drug-likeness (QED) is 0.292. The van der Waals surface area contributed by atoms with Gasteiger partial charge in [-0.15, -0.1) is 0 Å². The van der Waals surface area contributed by atoms with Crippen LogP contribution in [-0.2, 0) is 25.6 Å². The van der Waals surface area contributed by atoms with E-state index in [1.165, 1.54) is 0 Å². The third-order valence-corrected chi connectivity index (χ3v) is 6.57. The molecule has 0 spiro atoms. The average Bonchev–Trinajstić information content (AvgIpc) is 3.35. The number of carbonyl (C=O) groups excluding carboxylic acids is 2. The molecular weight excluding hydrogens is 464 g/mol. The van der Waals surface area contributed by atoms with E-state index in [4.69, 9.17) is 9.84 Å². The lowest BCUT2D eigenvalue weighted by molar-refractivity contribution is -0.145. The number of carboxylic acid groups (broad SMARTS) is 2. The summed E-state index contributed by atoms with van der Waals surface area (Å²) in [6, 6.07) is 15.1. The lowest BCUT2D eigenvalue weighted by atomic mass is 9.75. The second kappa shape index (κ2) is 12.7. The van der Waals surface area contributed by atoms with Gasteiger partial charge in [0.05, 0.1) is 17.0 Å². The summed E-state index contributed by atoms with van der Waals surface area (Å²) in [6.07, 6.45) is 3.86. The molecule has 9 heteroatoms. The summed E-state index contributed by atoms with van der Waals surface area (Å²) in [5.74, 6) is -2.69. The number of nitrogens with one attached hydrogen (secondary N) is 2. The number of aldehydes is 1. The third-order valence-electron chi connectivity index (χ3n) is 6.57. The van der Waals surface area contributed by atoms with E-state index >= 15 is 0 Å². The Bertz CT molecular complexity index is 1050.